The SMILES string of the molecule is Cc1ccc(-c2nc(CCON)sc2C)cc1C. The number of rotatable bonds is 4. The van der Waals surface area contributed by atoms with E-state index in [1.807, 2.05) is 0 Å². The van der Waals surface area contributed by atoms with Gasteiger partial charge < -0.3 is 4.84 Å². The van der Waals surface area contributed by atoms with Crippen molar-refractivity contribution in [2.24, 2.45) is 5.90 Å². The van der Waals surface area contributed by atoms with Crippen LogP contribution in [0.1, 0.15) is 21.0 Å². The van der Waals surface area contributed by atoms with Crippen LogP contribution in [-0.2, 0) is 11.3 Å². The zero-order valence-electron chi connectivity index (χ0n) is 11.0. The van der Waals surface area contributed by atoms with Crippen LogP contribution in [0.2, 0.25) is 0 Å². The van der Waals surface area contributed by atoms with Gasteiger partial charge in [-0.2, -0.15) is 0 Å². The first-order valence-electron chi connectivity index (χ1n) is 5.97. The van der Waals surface area contributed by atoms with Gasteiger partial charge in [-0.25, -0.2) is 10.9 Å². The van der Waals surface area contributed by atoms with Crippen molar-refractivity contribution in [2.45, 2.75) is 27.2 Å². The summed E-state index contributed by atoms with van der Waals surface area (Å²) in [6, 6.07) is 6.47. The average Bonchev–Trinajstić information content (AvgIpc) is 2.71. The lowest BCUT2D eigenvalue weighted by atomic mass is 10.0. The molecule has 0 unspecified atom stereocenters. The Morgan fingerprint density at radius 3 is 2.67 bits per heavy atom. The first-order chi connectivity index (χ1) is 8.61. The van der Waals surface area contributed by atoms with Crippen LogP contribution in [0.5, 0.6) is 0 Å². The fraction of sp³-hybridized carbons (Fsp3) is 0.357. The first-order valence-corrected chi connectivity index (χ1v) is 6.79. The minimum Gasteiger partial charge on any atom is -0.304 e. The summed E-state index contributed by atoms with van der Waals surface area (Å²) in [4.78, 5) is 10.5. The third-order valence-corrected chi connectivity index (χ3v) is 4.09. The van der Waals surface area contributed by atoms with Crippen LogP contribution in [-0.4, -0.2) is 11.6 Å². The summed E-state index contributed by atoms with van der Waals surface area (Å²) >= 11 is 1.71. The minimum absolute atomic E-state index is 0.513. The van der Waals surface area contributed by atoms with Crippen LogP contribution < -0.4 is 5.90 Å². The predicted octanol–water partition coefficient (Wildman–Crippen LogP) is 3.17. The highest BCUT2D eigenvalue weighted by atomic mass is 32.1. The Hall–Kier alpha value is -1.23. The lowest BCUT2D eigenvalue weighted by Crippen LogP contribution is -2.03. The molecular weight excluding hydrogens is 244 g/mol. The van der Waals surface area contributed by atoms with E-state index in [1.165, 1.54) is 21.6 Å². The van der Waals surface area contributed by atoms with E-state index in [2.05, 4.69) is 48.8 Å². The van der Waals surface area contributed by atoms with Crippen molar-refractivity contribution in [1.29, 1.82) is 0 Å². The van der Waals surface area contributed by atoms with Crippen molar-refractivity contribution in [1.82, 2.24) is 4.98 Å². The topological polar surface area (TPSA) is 48.1 Å². The lowest BCUT2D eigenvalue weighted by Gasteiger charge is -2.03. The molecule has 3 nitrogen and oxygen atoms in total. The number of nitrogens with two attached hydrogens (primary N) is 1. The summed E-state index contributed by atoms with van der Waals surface area (Å²) in [5.41, 5.74) is 4.87. The highest BCUT2D eigenvalue weighted by molar-refractivity contribution is 7.12. The number of benzene rings is 1. The Morgan fingerprint density at radius 1 is 1.22 bits per heavy atom. The number of thiazole rings is 1. The largest absolute Gasteiger partial charge is 0.304 e. The lowest BCUT2D eigenvalue weighted by molar-refractivity contribution is 0.141. The molecule has 18 heavy (non-hydrogen) atoms. The molecule has 0 bridgehead atoms. The van der Waals surface area contributed by atoms with Gasteiger partial charge in [0.1, 0.15) is 0 Å². The van der Waals surface area contributed by atoms with E-state index in [4.69, 9.17) is 5.90 Å². The molecular formula is C14H18N2OS. The van der Waals surface area contributed by atoms with Gasteiger partial charge in [0.25, 0.3) is 0 Å². The maximum absolute atomic E-state index is 5.05. The van der Waals surface area contributed by atoms with Crippen molar-refractivity contribution >= 4 is 11.3 Å². The second-order valence-corrected chi connectivity index (χ2v) is 5.72. The van der Waals surface area contributed by atoms with Crippen molar-refractivity contribution in [3.63, 3.8) is 0 Å². The van der Waals surface area contributed by atoms with E-state index in [1.54, 1.807) is 11.3 Å². The Labute approximate surface area is 112 Å². The Bertz CT molecular complexity index is 549. The molecule has 0 aliphatic carbocycles. The second-order valence-electron chi connectivity index (χ2n) is 4.43. The molecule has 0 atom stereocenters. The molecule has 0 saturated heterocycles. The van der Waals surface area contributed by atoms with Crippen LogP contribution in [0.4, 0.5) is 0 Å². The molecule has 0 amide bonds. The van der Waals surface area contributed by atoms with E-state index in [9.17, 15) is 0 Å². The molecule has 96 valence electrons. The number of aryl methyl sites for hydroxylation is 3. The monoisotopic (exact) mass is 262 g/mol. The van der Waals surface area contributed by atoms with Gasteiger partial charge in [0.2, 0.25) is 0 Å². The van der Waals surface area contributed by atoms with Gasteiger partial charge in [-0.15, -0.1) is 11.3 Å². The van der Waals surface area contributed by atoms with E-state index >= 15 is 0 Å². The third-order valence-electron chi connectivity index (χ3n) is 3.06. The fourth-order valence-electron chi connectivity index (χ4n) is 1.86. The molecule has 2 rings (SSSR count). The van der Waals surface area contributed by atoms with Crippen LogP contribution in [0.3, 0.4) is 0 Å². The maximum Gasteiger partial charge on any atom is 0.0959 e. The molecule has 2 aromatic rings. The fourth-order valence-corrected chi connectivity index (χ4v) is 2.80. The van der Waals surface area contributed by atoms with Gasteiger partial charge in [-0.05, 0) is 38.0 Å². The molecule has 0 radical (unpaired) electrons. The summed E-state index contributed by atoms with van der Waals surface area (Å²) < 4.78 is 0. The number of hydrogen-bond acceptors (Lipinski definition) is 4. The van der Waals surface area contributed by atoms with Gasteiger partial charge >= 0.3 is 0 Å². The molecule has 1 aromatic carbocycles. The molecule has 0 fully saturated rings. The van der Waals surface area contributed by atoms with Gasteiger partial charge in [0, 0.05) is 16.9 Å². The smallest absolute Gasteiger partial charge is 0.0959 e. The summed E-state index contributed by atoms with van der Waals surface area (Å²) in [5, 5.41) is 1.08. The highest BCUT2D eigenvalue weighted by Crippen LogP contribution is 2.29. The Balaban J connectivity index is 2.32. The van der Waals surface area contributed by atoms with Crippen molar-refractivity contribution in [3.05, 3.63) is 39.2 Å². The zero-order valence-corrected chi connectivity index (χ0v) is 11.8. The van der Waals surface area contributed by atoms with Crippen molar-refractivity contribution in [3.8, 4) is 11.3 Å². The van der Waals surface area contributed by atoms with E-state index in [0.717, 1.165) is 17.1 Å². The molecule has 1 heterocycles. The summed E-state index contributed by atoms with van der Waals surface area (Å²) in [7, 11) is 0. The van der Waals surface area contributed by atoms with E-state index < -0.39 is 0 Å². The van der Waals surface area contributed by atoms with Crippen LogP contribution in [0.25, 0.3) is 11.3 Å². The van der Waals surface area contributed by atoms with E-state index in [-0.39, 0.29) is 0 Å². The van der Waals surface area contributed by atoms with Gasteiger partial charge in [0.05, 0.1) is 17.3 Å². The summed E-state index contributed by atoms with van der Waals surface area (Å²) in [5.74, 6) is 5.05. The minimum atomic E-state index is 0.513. The average molecular weight is 262 g/mol. The standard InChI is InChI=1S/C14H18N2OS/c1-9-4-5-12(8-10(9)2)14-11(3)18-13(16-14)6-7-17-15/h4-5,8H,6-7,15H2,1-3H3. The van der Waals surface area contributed by atoms with Crippen LogP contribution >= 0.6 is 11.3 Å². The van der Waals surface area contributed by atoms with Crippen LogP contribution in [0, 0.1) is 20.8 Å². The van der Waals surface area contributed by atoms with Crippen LogP contribution in [0.15, 0.2) is 18.2 Å². The van der Waals surface area contributed by atoms with Gasteiger partial charge in [-0.3, -0.25) is 0 Å². The molecule has 0 spiro atoms. The van der Waals surface area contributed by atoms with E-state index in [0.29, 0.717) is 6.61 Å². The number of hydrogen-bond donors (Lipinski definition) is 1. The first kappa shape index (κ1) is 13.2. The molecule has 0 saturated carbocycles. The second kappa shape index (κ2) is 5.61. The maximum atomic E-state index is 5.05. The predicted molar refractivity (Wildman–Crippen MR) is 75.6 cm³/mol. The summed E-state index contributed by atoms with van der Waals surface area (Å²) in [6.07, 6.45) is 0.771. The molecule has 1 aromatic heterocycles. The van der Waals surface area contributed by atoms with Gasteiger partial charge in [0.15, 0.2) is 0 Å². The molecule has 2 N–H and O–H groups in total. The summed E-state index contributed by atoms with van der Waals surface area (Å²) in [6.45, 7) is 6.87. The molecule has 0 aliphatic heterocycles. The molecule has 4 heteroatoms. The number of aromatic nitrogens is 1. The zero-order chi connectivity index (χ0) is 13.1. The Kier molecular flexibility index (Phi) is 4.11. The van der Waals surface area contributed by atoms with Crippen molar-refractivity contribution < 1.29 is 4.84 Å². The number of nitrogens with zero attached hydrogens (tertiary/aromatic N) is 1. The highest BCUT2D eigenvalue weighted by Gasteiger charge is 2.10. The van der Waals surface area contributed by atoms with Crippen molar-refractivity contribution in [2.75, 3.05) is 6.61 Å². The van der Waals surface area contributed by atoms with Gasteiger partial charge in [-0.1, -0.05) is 12.1 Å². The third kappa shape index (κ3) is 2.77. The quantitative estimate of drug-likeness (QED) is 0.861. The molecule has 0 aliphatic rings. The Morgan fingerprint density at radius 2 is 2.00 bits per heavy atom. The normalized spacial score (nSPS) is 10.9.